The Morgan fingerprint density at radius 2 is 2.03 bits per heavy atom. The van der Waals surface area contributed by atoms with Gasteiger partial charge in [0.25, 0.3) is 5.56 Å². The molecule has 3 aliphatic rings. The van der Waals surface area contributed by atoms with Crippen molar-refractivity contribution in [1.29, 1.82) is 0 Å². The van der Waals surface area contributed by atoms with Gasteiger partial charge in [0.1, 0.15) is 6.61 Å². The van der Waals surface area contributed by atoms with E-state index in [0.717, 1.165) is 42.4 Å². The van der Waals surface area contributed by atoms with Crippen molar-refractivity contribution in [3.63, 3.8) is 0 Å². The van der Waals surface area contributed by atoms with Gasteiger partial charge in [-0.05, 0) is 37.0 Å². The summed E-state index contributed by atoms with van der Waals surface area (Å²) in [6, 6.07) is 4.95. The predicted octanol–water partition coefficient (Wildman–Crippen LogP) is 1.65. The summed E-state index contributed by atoms with van der Waals surface area (Å²) in [4.78, 5) is 33.2. The quantitative estimate of drug-likeness (QED) is 0.203. The second-order valence-corrected chi connectivity index (χ2v) is 10.2. The minimum atomic E-state index is -1.91. The van der Waals surface area contributed by atoms with Crippen LogP contribution < -0.4 is 21.6 Å². The fourth-order valence-electron chi connectivity index (χ4n) is 5.98. The fraction of sp³-hybridized carbons (Fsp3) is 0.444. The highest BCUT2D eigenvalue weighted by Crippen LogP contribution is 2.41. The molecule has 0 saturated carbocycles. The maximum Gasteiger partial charge on any atom is 0.343 e. The van der Waals surface area contributed by atoms with Crippen LogP contribution in [-0.2, 0) is 34.8 Å². The zero-order valence-electron chi connectivity index (χ0n) is 21.3. The van der Waals surface area contributed by atoms with Crippen molar-refractivity contribution in [2.75, 3.05) is 20.2 Å². The number of carbonyl (C=O) groups is 1. The summed E-state index contributed by atoms with van der Waals surface area (Å²) in [6.45, 7) is 3.98. The molecule has 1 aromatic carbocycles. The van der Waals surface area contributed by atoms with E-state index in [9.17, 15) is 19.1 Å². The summed E-state index contributed by atoms with van der Waals surface area (Å²) in [6.07, 6.45) is 1.86. The summed E-state index contributed by atoms with van der Waals surface area (Å²) in [7, 11) is 1.42. The van der Waals surface area contributed by atoms with Crippen molar-refractivity contribution in [3.05, 3.63) is 56.6 Å². The third-order valence-corrected chi connectivity index (χ3v) is 8.28. The van der Waals surface area contributed by atoms with Crippen molar-refractivity contribution in [1.82, 2.24) is 19.9 Å². The molecule has 6 rings (SSSR count). The molecule has 1 saturated heterocycles. The first-order chi connectivity index (χ1) is 18.3. The number of rotatable bonds is 5. The number of fused-ring (bicyclic) bond motifs is 5. The molecule has 38 heavy (non-hydrogen) atoms. The zero-order chi connectivity index (χ0) is 26.8. The zero-order valence-corrected chi connectivity index (χ0v) is 21.3. The van der Waals surface area contributed by atoms with Crippen LogP contribution in [0.3, 0.4) is 0 Å². The van der Waals surface area contributed by atoms with Gasteiger partial charge in [-0.1, -0.05) is 6.92 Å². The van der Waals surface area contributed by atoms with Gasteiger partial charge in [0.2, 0.25) is 0 Å². The Morgan fingerprint density at radius 3 is 2.71 bits per heavy atom. The number of esters is 1. The first-order valence-corrected chi connectivity index (χ1v) is 12.8. The van der Waals surface area contributed by atoms with Gasteiger partial charge in [-0.3, -0.25) is 21.0 Å². The van der Waals surface area contributed by atoms with Crippen molar-refractivity contribution in [2.45, 2.75) is 57.5 Å². The Bertz CT molecular complexity index is 1530. The Morgan fingerprint density at radius 1 is 1.26 bits per heavy atom. The molecule has 5 heterocycles. The Kier molecular flexibility index (Phi) is 5.98. The van der Waals surface area contributed by atoms with E-state index in [0.29, 0.717) is 23.4 Å². The number of nitrogens with one attached hydrogen (secondary N) is 1. The van der Waals surface area contributed by atoms with E-state index >= 15 is 0 Å². The molecular formula is C27H30FN5O5. The molecule has 11 heteroatoms. The van der Waals surface area contributed by atoms with Crippen LogP contribution in [0.1, 0.15) is 48.4 Å². The van der Waals surface area contributed by atoms with Crippen LogP contribution in [0.4, 0.5) is 4.39 Å². The number of carbonyl (C=O) groups excluding carboxylic acids is 1. The van der Waals surface area contributed by atoms with Crippen LogP contribution in [0.5, 0.6) is 5.75 Å². The number of hydrazine groups is 1. The number of cyclic esters (lactones) is 1. The summed E-state index contributed by atoms with van der Waals surface area (Å²) < 4.78 is 26.8. The number of likely N-dealkylation sites (tertiary alicyclic amines) is 1. The monoisotopic (exact) mass is 523 g/mol. The Labute approximate surface area is 218 Å². The first-order valence-electron chi connectivity index (χ1n) is 12.8. The average Bonchev–Trinajstić information content (AvgIpc) is 3.29. The molecule has 1 fully saturated rings. The van der Waals surface area contributed by atoms with E-state index in [1.165, 1.54) is 13.2 Å². The molecule has 2 aromatic heterocycles. The average molecular weight is 524 g/mol. The number of nitrogens with zero attached hydrogens (tertiary/aromatic N) is 3. The van der Waals surface area contributed by atoms with Gasteiger partial charge in [-0.15, -0.1) is 0 Å². The second-order valence-electron chi connectivity index (χ2n) is 10.2. The Balaban J connectivity index is 1.55. The molecule has 3 aliphatic heterocycles. The summed E-state index contributed by atoms with van der Waals surface area (Å²) >= 11 is 0. The lowest BCUT2D eigenvalue weighted by molar-refractivity contribution is -0.172. The number of pyridine rings is 2. The molecule has 0 amide bonds. The molecule has 200 valence electrons. The number of piperidine rings is 1. The number of nitrogens with two attached hydrogens (primary N) is 1. The minimum absolute atomic E-state index is 0.0591. The number of aliphatic hydroxyl groups is 1. The van der Waals surface area contributed by atoms with Crippen LogP contribution in [0.2, 0.25) is 0 Å². The number of benzene rings is 1. The molecule has 0 bridgehead atoms. The van der Waals surface area contributed by atoms with E-state index < -0.39 is 17.4 Å². The summed E-state index contributed by atoms with van der Waals surface area (Å²) in [5.41, 5.74) is 4.42. The topological polar surface area (TPSA) is 132 Å². The second kappa shape index (κ2) is 9.12. The molecule has 3 aromatic rings. The number of aromatic nitrogens is 2. The number of hydrogen-bond acceptors (Lipinski definition) is 9. The van der Waals surface area contributed by atoms with Gasteiger partial charge >= 0.3 is 5.97 Å². The third kappa shape index (κ3) is 3.64. The van der Waals surface area contributed by atoms with Crippen LogP contribution in [0.15, 0.2) is 23.0 Å². The highest BCUT2D eigenvalue weighted by molar-refractivity contribution is 5.90. The largest absolute Gasteiger partial charge is 0.494 e. The van der Waals surface area contributed by atoms with Gasteiger partial charge in [0.05, 0.1) is 36.1 Å². The van der Waals surface area contributed by atoms with Crippen LogP contribution in [0, 0.1) is 5.82 Å². The minimum Gasteiger partial charge on any atom is -0.494 e. The lowest BCUT2D eigenvalue weighted by Crippen LogP contribution is -2.44. The summed E-state index contributed by atoms with van der Waals surface area (Å²) in [5, 5.41) is 11.9. The predicted molar refractivity (Wildman–Crippen MR) is 137 cm³/mol. The lowest BCUT2D eigenvalue weighted by Gasteiger charge is -2.32. The van der Waals surface area contributed by atoms with E-state index in [-0.39, 0.29) is 48.0 Å². The first kappa shape index (κ1) is 24.9. The van der Waals surface area contributed by atoms with E-state index in [1.54, 1.807) is 23.6 Å². The van der Waals surface area contributed by atoms with Crippen molar-refractivity contribution >= 4 is 16.9 Å². The van der Waals surface area contributed by atoms with E-state index in [2.05, 4.69) is 10.3 Å². The van der Waals surface area contributed by atoms with Gasteiger partial charge < -0.3 is 19.1 Å². The molecule has 1 atom stereocenters. The van der Waals surface area contributed by atoms with Crippen molar-refractivity contribution in [3.8, 4) is 17.1 Å². The maximum absolute atomic E-state index is 14.8. The molecule has 0 aliphatic carbocycles. The number of methoxy groups -OCH3 is 1. The van der Waals surface area contributed by atoms with E-state index in [4.69, 9.17) is 20.3 Å². The lowest BCUT2D eigenvalue weighted by atomic mass is 9.86. The van der Waals surface area contributed by atoms with Crippen LogP contribution >= 0.6 is 0 Å². The van der Waals surface area contributed by atoms with Gasteiger partial charge in [0, 0.05) is 48.3 Å². The standard InChI is InChI=1S/C27H30FN5O5/c1-3-27(36)19-9-22-24-17(12-33(22)25(34)18(19)13-38-26(27)35)16(11-32-6-4-14(31-29)5-7-32)15-8-23(37-2)20(28)10-21(15)30-24/h8-10,14,31,36H,3-7,11-13,29H2,1-2H3/t27-/m0/s1. The van der Waals surface area contributed by atoms with Crippen LogP contribution in [0.25, 0.3) is 22.3 Å². The van der Waals surface area contributed by atoms with Crippen molar-refractivity contribution in [2.24, 2.45) is 5.84 Å². The molecule has 10 nitrogen and oxygen atoms in total. The van der Waals surface area contributed by atoms with Gasteiger partial charge in [0.15, 0.2) is 17.2 Å². The molecular weight excluding hydrogens is 493 g/mol. The number of ether oxygens (including phenoxy) is 2. The molecule has 0 spiro atoms. The molecule has 4 N–H and O–H groups in total. The SMILES string of the molecule is CC[C@@]1(O)C(=O)OCc2c1cc1n(c2=O)Cc2c-1nc1cc(F)c(OC)cc1c2CN1CCC(NN)CC1. The maximum atomic E-state index is 14.8. The van der Waals surface area contributed by atoms with Gasteiger partial charge in [-0.2, -0.15) is 0 Å². The summed E-state index contributed by atoms with van der Waals surface area (Å²) in [5.74, 6) is 4.46. The van der Waals surface area contributed by atoms with Crippen LogP contribution in [-0.4, -0.2) is 51.8 Å². The third-order valence-electron chi connectivity index (χ3n) is 8.28. The van der Waals surface area contributed by atoms with Gasteiger partial charge in [-0.25, -0.2) is 14.2 Å². The Hall–Kier alpha value is -3.38. The van der Waals surface area contributed by atoms with E-state index in [1.807, 2.05) is 0 Å². The number of hydrogen-bond donors (Lipinski definition) is 3. The molecule has 0 unspecified atom stereocenters. The normalized spacial score (nSPS) is 21.2. The highest BCUT2D eigenvalue weighted by atomic mass is 19.1. The smallest absolute Gasteiger partial charge is 0.343 e. The fourth-order valence-corrected chi connectivity index (χ4v) is 5.98. The molecule has 0 radical (unpaired) electrons. The number of halogens is 1. The van der Waals surface area contributed by atoms with Crippen molar-refractivity contribution < 1.29 is 23.8 Å². The highest BCUT2D eigenvalue weighted by Gasteiger charge is 2.45.